The fourth-order valence-electron chi connectivity index (χ4n) is 4.74. The van der Waals surface area contributed by atoms with E-state index in [2.05, 4.69) is 25.5 Å². The lowest BCUT2D eigenvalue weighted by molar-refractivity contribution is 0.102. The summed E-state index contributed by atoms with van der Waals surface area (Å²) in [6, 6.07) is 8.96. The number of piperidine rings is 1. The van der Waals surface area contributed by atoms with Gasteiger partial charge in [0.05, 0.1) is 23.1 Å². The molecule has 2 fully saturated rings. The van der Waals surface area contributed by atoms with E-state index >= 15 is 0 Å². The van der Waals surface area contributed by atoms with E-state index in [0.29, 0.717) is 16.9 Å². The van der Waals surface area contributed by atoms with E-state index in [4.69, 9.17) is 10.5 Å². The lowest BCUT2D eigenvalue weighted by atomic mass is 10.0. The molecule has 0 spiro atoms. The van der Waals surface area contributed by atoms with Crippen molar-refractivity contribution < 1.29 is 18.3 Å². The van der Waals surface area contributed by atoms with Gasteiger partial charge in [0.1, 0.15) is 11.4 Å². The zero-order valence-corrected chi connectivity index (χ0v) is 21.2. The molecule has 4 N–H and O–H groups in total. The third-order valence-corrected chi connectivity index (χ3v) is 6.63. The molecule has 2 aliphatic heterocycles. The third-order valence-electron chi connectivity index (χ3n) is 6.63. The second-order valence-electron chi connectivity index (χ2n) is 9.45. The van der Waals surface area contributed by atoms with Gasteiger partial charge in [-0.15, -0.1) is 0 Å². The number of carbonyl (C=O) groups excluding carboxylic acids is 1. The Morgan fingerprint density at radius 2 is 1.82 bits per heavy atom. The van der Waals surface area contributed by atoms with Gasteiger partial charge in [0.15, 0.2) is 11.6 Å². The largest absolute Gasteiger partial charge is 0.381 e. The Labute approximate surface area is 222 Å². The number of benzene rings is 2. The molecule has 4 aromatic rings. The number of hydrogen-bond donors (Lipinski definition) is 3. The summed E-state index contributed by atoms with van der Waals surface area (Å²) < 4.78 is 34.0. The smallest absolute Gasteiger partial charge is 0.276 e. The number of amides is 1. The number of nitrogens with one attached hydrogen (secondary N) is 2. The van der Waals surface area contributed by atoms with Gasteiger partial charge in [-0.05, 0) is 56.0 Å². The van der Waals surface area contributed by atoms with Gasteiger partial charge in [0, 0.05) is 43.8 Å². The zero-order chi connectivity index (χ0) is 27.4. The Morgan fingerprint density at radius 1 is 1.05 bits per heavy atom. The van der Waals surface area contributed by atoms with E-state index in [0.717, 1.165) is 67.4 Å². The second kappa shape index (κ2) is 11.7. The molecule has 2 aromatic carbocycles. The second-order valence-corrected chi connectivity index (χ2v) is 9.45. The van der Waals surface area contributed by atoms with Gasteiger partial charge in [-0.3, -0.25) is 14.7 Å². The minimum absolute atomic E-state index is 0.000322. The maximum Gasteiger partial charge on any atom is 0.276 e. The highest BCUT2D eigenvalue weighted by molar-refractivity contribution is 6.08. The minimum Gasteiger partial charge on any atom is -0.381 e. The molecule has 1 atom stereocenters. The minimum atomic E-state index is -0.971. The number of hydrogen-bond acceptors (Lipinski definition) is 7. The molecule has 1 unspecified atom stereocenters. The standard InChI is InChI=1S/C23H21F2N7O2.C4H8O/c24-15-4-1-5-16(25)22(15)32-20(33)9-8-19(30-32)23(34)28-18-7-6-17-14(11-27-29-17)21(18)31-10-2-3-13(26)12-31;1-2-4-5-3-1/h1,4-9,11,13H,2-3,10,12,26H2,(H,27,29)(H,28,34);1-4H2. The van der Waals surface area contributed by atoms with Crippen LogP contribution in [0.5, 0.6) is 0 Å². The molecule has 0 bridgehead atoms. The van der Waals surface area contributed by atoms with Gasteiger partial charge >= 0.3 is 0 Å². The monoisotopic (exact) mass is 537 g/mol. The maximum atomic E-state index is 14.2. The number of aromatic amines is 1. The van der Waals surface area contributed by atoms with E-state index in [1.54, 1.807) is 18.3 Å². The molecule has 12 heteroatoms. The number of aromatic nitrogens is 4. The Balaban J connectivity index is 0.000000555. The van der Waals surface area contributed by atoms with Crippen LogP contribution in [0.4, 0.5) is 20.2 Å². The Kier molecular flexibility index (Phi) is 7.94. The highest BCUT2D eigenvalue weighted by atomic mass is 19.1. The first kappa shape index (κ1) is 26.4. The number of carbonyl (C=O) groups is 1. The van der Waals surface area contributed by atoms with Gasteiger partial charge in [-0.1, -0.05) is 6.07 Å². The van der Waals surface area contributed by atoms with Crippen LogP contribution < -0.4 is 21.5 Å². The summed E-state index contributed by atoms with van der Waals surface area (Å²) in [6.07, 6.45) is 6.06. The fourth-order valence-corrected chi connectivity index (χ4v) is 4.74. The molecule has 0 radical (unpaired) electrons. The first-order chi connectivity index (χ1) is 18.9. The number of para-hydroxylation sites is 1. The van der Waals surface area contributed by atoms with Crippen LogP contribution in [0.25, 0.3) is 16.6 Å². The molecule has 10 nitrogen and oxygen atoms in total. The molecule has 2 saturated heterocycles. The lowest BCUT2D eigenvalue weighted by Gasteiger charge is -2.34. The lowest BCUT2D eigenvalue weighted by Crippen LogP contribution is -2.43. The van der Waals surface area contributed by atoms with Crippen molar-refractivity contribution in [1.29, 1.82) is 0 Å². The van der Waals surface area contributed by atoms with E-state index in [1.165, 1.54) is 25.0 Å². The number of ether oxygens (including phenoxy) is 1. The average Bonchev–Trinajstić information content (AvgIpc) is 3.65. The SMILES string of the molecule is C1CCOC1.NC1CCCN(c2c(NC(=O)c3ccc(=O)n(-c4c(F)cccc4F)n3)ccc3[nH]ncc23)C1. The summed E-state index contributed by atoms with van der Waals surface area (Å²) in [4.78, 5) is 27.5. The van der Waals surface area contributed by atoms with Crippen molar-refractivity contribution in [2.24, 2.45) is 5.73 Å². The van der Waals surface area contributed by atoms with Crippen LogP contribution in [0.3, 0.4) is 0 Å². The number of rotatable bonds is 4. The van der Waals surface area contributed by atoms with Crippen LogP contribution in [-0.2, 0) is 4.74 Å². The van der Waals surface area contributed by atoms with Crippen LogP contribution in [-0.4, -0.2) is 58.2 Å². The molecular formula is C27H29F2N7O3. The van der Waals surface area contributed by atoms with Crippen molar-refractivity contribution in [1.82, 2.24) is 20.0 Å². The van der Waals surface area contributed by atoms with Gasteiger partial charge in [0.2, 0.25) is 0 Å². The summed E-state index contributed by atoms with van der Waals surface area (Å²) >= 11 is 0. The molecule has 6 rings (SSSR count). The summed E-state index contributed by atoms with van der Waals surface area (Å²) in [5.74, 6) is -2.58. The molecule has 0 saturated carbocycles. The zero-order valence-electron chi connectivity index (χ0n) is 21.2. The summed E-state index contributed by atoms with van der Waals surface area (Å²) in [5.41, 5.74) is 6.64. The van der Waals surface area contributed by atoms with Crippen LogP contribution in [0, 0.1) is 11.6 Å². The number of nitrogens with two attached hydrogens (primary N) is 1. The first-order valence-corrected chi connectivity index (χ1v) is 12.8. The molecule has 2 aliphatic rings. The van der Waals surface area contributed by atoms with Crippen molar-refractivity contribution in [2.75, 3.05) is 36.5 Å². The molecule has 39 heavy (non-hydrogen) atoms. The highest BCUT2D eigenvalue weighted by Crippen LogP contribution is 2.35. The van der Waals surface area contributed by atoms with Gasteiger partial charge < -0.3 is 20.7 Å². The summed E-state index contributed by atoms with van der Waals surface area (Å²) in [6.45, 7) is 3.37. The molecule has 2 aromatic heterocycles. The Morgan fingerprint density at radius 3 is 2.51 bits per heavy atom. The van der Waals surface area contributed by atoms with E-state index in [-0.39, 0.29) is 11.7 Å². The molecule has 0 aliphatic carbocycles. The van der Waals surface area contributed by atoms with Crippen molar-refractivity contribution in [2.45, 2.75) is 31.7 Å². The highest BCUT2D eigenvalue weighted by Gasteiger charge is 2.24. The number of H-pyrrole nitrogens is 1. The van der Waals surface area contributed by atoms with Crippen LogP contribution in [0.15, 0.2) is 53.5 Å². The summed E-state index contributed by atoms with van der Waals surface area (Å²) in [5, 5.41) is 14.6. The van der Waals surface area contributed by atoms with Gasteiger partial charge in [-0.2, -0.15) is 14.9 Å². The van der Waals surface area contributed by atoms with Gasteiger partial charge in [-0.25, -0.2) is 8.78 Å². The van der Waals surface area contributed by atoms with E-state index < -0.39 is 28.8 Å². The third kappa shape index (κ3) is 5.81. The van der Waals surface area contributed by atoms with Crippen LogP contribution in [0.2, 0.25) is 0 Å². The number of fused-ring (bicyclic) bond motifs is 1. The maximum absolute atomic E-state index is 14.2. The van der Waals surface area contributed by atoms with E-state index in [9.17, 15) is 18.4 Å². The number of halogens is 2. The van der Waals surface area contributed by atoms with Gasteiger partial charge in [0.25, 0.3) is 11.5 Å². The molecule has 4 heterocycles. The normalized spacial score (nSPS) is 17.1. The Hall–Kier alpha value is -4.16. The van der Waals surface area contributed by atoms with E-state index in [1.807, 2.05) is 0 Å². The number of nitrogens with zero attached hydrogens (tertiary/aromatic N) is 4. The van der Waals surface area contributed by atoms with Crippen molar-refractivity contribution in [3.05, 3.63) is 76.3 Å². The fraction of sp³-hybridized carbons (Fsp3) is 0.333. The molecule has 1 amide bonds. The van der Waals surface area contributed by atoms with Crippen LogP contribution >= 0.6 is 0 Å². The molecule has 204 valence electrons. The number of anilines is 2. The van der Waals surface area contributed by atoms with Crippen LogP contribution in [0.1, 0.15) is 36.2 Å². The predicted molar refractivity (Wildman–Crippen MR) is 143 cm³/mol. The topological polar surface area (TPSA) is 131 Å². The van der Waals surface area contributed by atoms with Crippen molar-refractivity contribution in [3.8, 4) is 5.69 Å². The summed E-state index contributed by atoms with van der Waals surface area (Å²) in [7, 11) is 0. The van der Waals surface area contributed by atoms with Crippen molar-refractivity contribution >= 4 is 28.2 Å². The average molecular weight is 538 g/mol. The quantitative estimate of drug-likeness (QED) is 0.364. The Bertz CT molecular complexity index is 1510. The first-order valence-electron chi connectivity index (χ1n) is 12.8. The predicted octanol–water partition coefficient (Wildman–Crippen LogP) is 3.36. The van der Waals surface area contributed by atoms with Crippen molar-refractivity contribution in [3.63, 3.8) is 0 Å². The molecular weight excluding hydrogens is 508 g/mol.